The number of hydrazine groups is 1. The van der Waals surface area contributed by atoms with Gasteiger partial charge in [0.25, 0.3) is 0 Å². The summed E-state index contributed by atoms with van der Waals surface area (Å²) in [5, 5.41) is 10.0. The van der Waals surface area contributed by atoms with Crippen LogP contribution in [0.15, 0.2) is 54.6 Å². The number of ketones is 1. The largest absolute Gasteiger partial charge is 0.380 e. The van der Waals surface area contributed by atoms with Crippen LogP contribution < -0.4 is 11.3 Å². The number of nitrogens with one attached hydrogen (secondary N) is 1. The van der Waals surface area contributed by atoms with Gasteiger partial charge in [-0.1, -0.05) is 42.5 Å². The van der Waals surface area contributed by atoms with Gasteiger partial charge in [0.05, 0.1) is 5.69 Å². The molecule has 0 amide bonds. The molecule has 4 N–H and O–H groups in total. The minimum Gasteiger partial charge on any atom is -0.380 e. The number of nitrogens with two attached hydrogens (primary N) is 1. The smallest absolute Gasteiger partial charge is 0.197 e. The fraction of sp³-hybridized carbons (Fsp3) is 0.0714. The van der Waals surface area contributed by atoms with E-state index in [1.165, 1.54) is 0 Å². The van der Waals surface area contributed by atoms with Gasteiger partial charge >= 0.3 is 0 Å². The summed E-state index contributed by atoms with van der Waals surface area (Å²) >= 11 is 0. The third-order valence-corrected chi connectivity index (χ3v) is 2.71. The van der Waals surface area contributed by atoms with Crippen LogP contribution in [0.1, 0.15) is 22.0 Å². The van der Waals surface area contributed by atoms with Gasteiger partial charge in [-0.2, -0.15) is 0 Å². The van der Waals surface area contributed by atoms with Crippen molar-refractivity contribution in [2.75, 3.05) is 5.43 Å². The summed E-state index contributed by atoms with van der Waals surface area (Å²) in [5.41, 5.74) is 3.88. The molecule has 0 aliphatic carbocycles. The van der Waals surface area contributed by atoms with E-state index in [1.54, 1.807) is 48.5 Å². The van der Waals surface area contributed by atoms with Crippen molar-refractivity contribution in [3.63, 3.8) is 0 Å². The van der Waals surface area contributed by atoms with Crippen LogP contribution in [0, 0.1) is 0 Å². The molecule has 0 fully saturated rings. The van der Waals surface area contributed by atoms with Crippen LogP contribution in [0.4, 0.5) is 5.69 Å². The summed E-state index contributed by atoms with van der Waals surface area (Å²) in [7, 11) is 0. The molecule has 0 saturated carbocycles. The summed E-state index contributed by atoms with van der Waals surface area (Å²) in [6.07, 6.45) is -1.18. The normalized spacial score (nSPS) is 11.9. The van der Waals surface area contributed by atoms with Gasteiger partial charge in [-0.25, -0.2) is 0 Å². The molecular weight excluding hydrogens is 228 g/mol. The van der Waals surface area contributed by atoms with Crippen LogP contribution in [-0.2, 0) is 0 Å². The van der Waals surface area contributed by atoms with E-state index in [2.05, 4.69) is 5.43 Å². The average molecular weight is 242 g/mol. The third kappa shape index (κ3) is 2.40. The standard InChI is InChI=1S/C14H14N2O2/c15-16-12-9-5-4-8-11(12)14(18)13(17)10-6-2-1-3-7-10/h1-9,13,16-17H,15H2. The Morgan fingerprint density at radius 2 is 1.67 bits per heavy atom. The molecule has 0 aliphatic rings. The van der Waals surface area contributed by atoms with E-state index in [0.717, 1.165) is 0 Å². The Morgan fingerprint density at radius 1 is 1.06 bits per heavy atom. The van der Waals surface area contributed by atoms with Crippen LogP contribution in [0.3, 0.4) is 0 Å². The number of hydrogen-bond acceptors (Lipinski definition) is 4. The topological polar surface area (TPSA) is 75.3 Å². The van der Waals surface area contributed by atoms with Gasteiger partial charge in [-0.3, -0.25) is 10.6 Å². The Balaban J connectivity index is 2.32. The van der Waals surface area contributed by atoms with Gasteiger partial charge in [-0.15, -0.1) is 0 Å². The molecule has 18 heavy (non-hydrogen) atoms. The van der Waals surface area contributed by atoms with Crippen LogP contribution in [0.5, 0.6) is 0 Å². The first-order valence-electron chi connectivity index (χ1n) is 5.57. The summed E-state index contributed by atoms with van der Waals surface area (Å²) in [4.78, 5) is 12.2. The van der Waals surface area contributed by atoms with Crippen LogP contribution in [0.25, 0.3) is 0 Å². The SMILES string of the molecule is NNc1ccccc1C(=O)C(O)c1ccccc1. The van der Waals surface area contributed by atoms with Crippen molar-refractivity contribution < 1.29 is 9.90 Å². The zero-order valence-electron chi connectivity index (χ0n) is 9.71. The predicted octanol–water partition coefficient (Wildman–Crippen LogP) is 1.89. The molecule has 0 heterocycles. The molecule has 4 nitrogen and oxygen atoms in total. The second-order valence-electron chi connectivity index (χ2n) is 3.87. The number of carbonyl (C=O) groups is 1. The molecule has 4 heteroatoms. The Kier molecular flexibility index (Phi) is 3.72. The first-order chi connectivity index (χ1) is 8.74. The maximum Gasteiger partial charge on any atom is 0.197 e. The first kappa shape index (κ1) is 12.3. The molecular formula is C14H14N2O2. The molecule has 0 radical (unpaired) electrons. The van der Waals surface area contributed by atoms with Gasteiger partial charge in [0, 0.05) is 5.56 Å². The van der Waals surface area contributed by atoms with Crippen molar-refractivity contribution >= 4 is 11.5 Å². The first-order valence-corrected chi connectivity index (χ1v) is 5.57. The number of aliphatic hydroxyl groups excluding tert-OH is 1. The molecule has 2 rings (SSSR count). The Morgan fingerprint density at radius 3 is 2.33 bits per heavy atom. The van der Waals surface area contributed by atoms with Gasteiger partial charge in [0.2, 0.25) is 0 Å². The van der Waals surface area contributed by atoms with E-state index in [1.807, 2.05) is 6.07 Å². The number of aliphatic hydroxyl groups is 1. The Labute approximate surface area is 105 Å². The van der Waals surface area contributed by atoms with Crippen molar-refractivity contribution in [3.05, 3.63) is 65.7 Å². The zero-order chi connectivity index (χ0) is 13.0. The number of rotatable bonds is 4. The second kappa shape index (κ2) is 5.44. The number of Topliss-reactive ketones (excluding diaryl/α,β-unsaturated/α-hetero) is 1. The molecule has 1 atom stereocenters. The fourth-order valence-corrected chi connectivity index (χ4v) is 1.76. The highest BCUT2D eigenvalue weighted by atomic mass is 16.3. The summed E-state index contributed by atoms with van der Waals surface area (Å²) in [6.45, 7) is 0. The van der Waals surface area contributed by atoms with E-state index in [0.29, 0.717) is 16.8 Å². The highest BCUT2D eigenvalue weighted by molar-refractivity contribution is 6.04. The van der Waals surface area contributed by atoms with E-state index in [4.69, 9.17) is 5.84 Å². The number of benzene rings is 2. The molecule has 0 aromatic heterocycles. The molecule has 1 unspecified atom stereocenters. The Bertz CT molecular complexity index is 541. The molecule has 92 valence electrons. The number of hydrogen-bond donors (Lipinski definition) is 3. The van der Waals surface area contributed by atoms with Crippen LogP contribution >= 0.6 is 0 Å². The minimum absolute atomic E-state index is 0.372. The third-order valence-electron chi connectivity index (χ3n) is 2.71. The van der Waals surface area contributed by atoms with Crippen molar-refractivity contribution in [2.24, 2.45) is 5.84 Å². The van der Waals surface area contributed by atoms with Crippen molar-refractivity contribution in [2.45, 2.75) is 6.10 Å². The lowest BCUT2D eigenvalue weighted by atomic mass is 9.99. The summed E-state index contributed by atoms with van der Waals surface area (Å²) in [6, 6.07) is 15.6. The quantitative estimate of drug-likeness (QED) is 0.435. The van der Waals surface area contributed by atoms with E-state index < -0.39 is 6.10 Å². The lowest BCUT2D eigenvalue weighted by Crippen LogP contribution is -2.16. The van der Waals surface area contributed by atoms with Crippen molar-refractivity contribution in [3.8, 4) is 0 Å². The molecule has 0 saturated heterocycles. The maximum atomic E-state index is 12.2. The molecule has 2 aromatic rings. The summed E-state index contributed by atoms with van der Waals surface area (Å²) in [5.74, 6) is 4.96. The lowest BCUT2D eigenvalue weighted by molar-refractivity contribution is 0.0748. The highest BCUT2D eigenvalue weighted by Crippen LogP contribution is 2.22. The van der Waals surface area contributed by atoms with Gasteiger partial charge in [-0.05, 0) is 17.7 Å². The second-order valence-corrected chi connectivity index (χ2v) is 3.87. The number of nitrogen functional groups attached to an aromatic ring is 1. The van der Waals surface area contributed by atoms with Gasteiger partial charge in [0.1, 0.15) is 6.10 Å². The van der Waals surface area contributed by atoms with Crippen LogP contribution in [-0.4, -0.2) is 10.9 Å². The van der Waals surface area contributed by atoms with Crippen LogP contribution in [0.2, 0.25) is 0 Å². The predicted molar refractivity (Wildman–Crippen MR) is 70.0 cm³/mol. The summed E-state index contributed by atoms with van der Waals surface area (Å²) < 4.78 is 0. The van der Waals surface area contributed by atoms with Crippen molar-refractivity contribution in [1.82, 2.24) is 0 Å². The monoisotopic (exact) mass is 242 g/mol. The van der Waals surface area contributed by atoms with Gasteiger partial charge < -0.3 is 10.5 Å². The van der Waals surface area contributed by atoms with E-state index >= 15 is 0 Å². The lowest BCUT2D eigenvalue weighted by Gasteiger charge is -2.12. The maximum absolute atomic E-state index is 12.2. The van der Waals surface area contributed by atoms with E-state index in [9.17, 15) is 9.90 Å². The molecule has 2 aromatic carbocycles. The number of anilines is 1. The van der Waals surface area contributed by atoms with E-state index in [-0.39, 0.29) is 5.78 Å². The average Bonchev–Trinajstić information content (AvgIpc) is 2.46. The zero-order valence-corrected chi connectivity index (χ0v) is 9.71. The molecule has 0 spiro atoms. The fourth-order valence-electron chi connectivity index (χ4n) is 1.76. The molecule has 0 bridgehead atoms. The molecule has 0 aliphatic heterocycles. The number of carbonyl (C=O) groups excluding carboxylic acids is 1. The Hall–Kier alpha value is -2.17. The number of para-hydroxylation sites is 1. The highest BCUT2D eigenvalue weighted by Gasteiger charge is 2.20. The minimum atomic E-state index is -1.18. The van der Waals surface area contributed by atoms with Gasteiger partial charge in [0.15, 0.2) is 5.78 Å². The van der Waals surface area contributed by atoms with Crippen molar-refractivity contribution in [1.29, 1.82) is 0 Å².